The van der Waals surface area contributed by atoms with Crippen LogP contribution in [0.25, 0.3) is 0 Å². The van der Waals surface area contributed by atoms with E-state index in [1.165, 1.54) is 0 Å². The summed E-state index contributed by atoms with van der Waals surface area (Å²) in [6, 6.07) is 9.99. The summed E-state index contributed by atoms with van der Waals surface area (Å²) in [4.78, 5) is 17.4. The van der Waals surface area contributed by atoms with E-state index in [2.05, 4.69) is 10.1 Å². The van der Waals surface area contributed by atoms with Crippen molar-refractivity contribution >= 4 is 17.3 Å². The molecule has 0 aliphatic rings. The normalized spacial score (nSPS) is 10.7. The molecule has 118 valence electrons. The molecule has 0 amide bonds. The minimum absolute atomic E-state index is 0.341. The number of carbonyl (C=O) groups is 1. The lowest BCUT2D eigenvalue weighted by molar-refractivity contribution is 0.0509. The maximum atomic E-state index is 12.0. The van der Waals surface area contributed by atoms with Crippen molar-refractivity contribution in [2.45, 2.75) is 19.9 Å². The van der Waals surface area contributed by atoms with E-state index in [9.17, 15) is 4.79 Å². The molecule has 0 aliphatic heterocycles. The van der Waals surface area contributed by atoms with Gasteiger partial charge < -0.3 is 4.74 Å². The van der Waals surface area contributed by atoms with Crippen LogP contribution in [0.5, 0.6) is 0 Å². The van der Waals surface area contributed by atoms with E-state index in [0.29, 0.717) is 25.1 Å². The Morgan fingerprint density at radius 2 is 2.13 bits per heavy atom. The van der Waals surface area contributed by atoms with Crippen LogP contribution in [0.15, 0.2) is 48.2 Å². The molecule has 2 aromatic heterocycles. The molecule has 0 bridgehead atoms. The molecule has 0 N–H and O–H groups in total. The third-order valence-electron chi connectivity index (χ3n) is 3.46. The van der Waals surface area contributed by atoms with Crippen LogP contribution < -0.4 is 0 Å². The van der Waals surface area contributed by atoms with Crippen molar-refractivity contribution in [2.24, 2.45) is 0 Å². The standard InChI is InChI=1S/C17H17N3O2S/c1-13-16(23-12-18-13)7-8-22-17(21)15-9-19-20(11-15)10-14-5-3-2-4-6-14/h2-6,9,11-12H,7-8,10H2,1H3. The molecule has 1 aromatic carbocycles. The van der Waals surface area contributed by atoms with Gasteiger partial charge in [0.25, 0.3) is 0 Å². The Hall–Kier alpha value is -2.47. The SMILES string of the molecule is Cc1ncsc1CCOC(=O)c1cnn(Cc2ccccc2)c1. The number of hydrogen-bond acceptors (Lipinski definition) is 5. The van der Waals surface area contributed by atoms with Crippen molar-refractivity contribution in [3.8, 4) is 0 Å². The number of ether oxygens (including phenoxy) is 1. The van der Waals surface area contributed by atoms with Crippen LogP contribution >= 0.6 is 11.3 Å². The van der Waals surface area contributed by atoms with Gasteiger partial charge in [0.15, 0.2) is 0 Å². The Morgan fingerprint density at radius 3 is 2.87 bits per heavy atom. The van der Waals surface area contributed by atoms with Crippen molar-refractivity contribution in [3.63, 3.8) is 0 Å². The van der Waals surface area contributed by atoms with Crippen LogP contribution in [-0.2, 0) is 17.7 Å². The second kappa shape index (κ2) is 7.19. The minimum atomic E-state index is -0.341. The smallest absolute Gasteiger partial charge is 0.341 e. The lowest BCUT2D eigenvalue weighted by Gasteiger charge is -2.03. The predicted octanol–water partition coefficient (Wildman–Crippen LogP) is 3.10. The number of hydrogen-bond donors (Lipinski definition) is 0. The molecule has 3 rings (SSSR count). The zero-order chi connectivity index (χ0) is 16.1. The number of thiazole rings is 1. The summed E-state index contributed by atoms with van der Waals surface area (Å²) in [5, 5.41) is 4.21. The molecule has 0 saturated heterocycles. The van der Waals surface area contributed by atoms with Crippen molar-refractivity contribution < 1.29 is 9.53 Å². The predicted molar refractivity (Wildman–Crippen MR) is 88.6 cm³/mol. The van der Waals surface area contributed by atoms with E-state index in [0.717, 1.165) is 16.1 Å². The van der Waals surface area contributed by atoms with Crippen LogP contribution in [0, 0.1) is 6.92 Å². The van der Waals surface area contributed by atoms with Gasteiger partial charge in [-0.2, -0.15) is 5.10 Å². The highest BCUT2D eigenvalue weighted by Crippen LogP contribution is 2.13. The topological polar surface area (TPSA) is 57.0 Å². The van der Waals surface area contributed by atoms with E-state index in [-0.39, 0.29) is 5.97 Å². The quantitative estimate of drug-likeness (QED) is 0.653. The molecule has 5 nitrogen and oxygen atoms in total. The van der Waals surface area contributed by atoms with Gasteiger partial charge in [-0.15, -0.1) is 11.3 Å². The number of rotatable bonds is 6. The highest BCUT2D eigenvalue weighted by molar-refractivity contribution is 7.09. The Labute approximate surface area is 138 Å². The van der Waals surface area contributed by atoms with Crippen molar-refractivity contribution in [2.75, 3.05) is 6.61 Å². The summed E-state index contributed by atoms with van der Waals surface area (Å²) in [5.74, 6) is -0.341. The first-order chi connectivity index (χ1) is 11.2. The number of esters is 1. The Balaban J connectivity index is 1.53. The summed E-state index contributed by atoms with van der Waals surface area (Å²) < 4.78 is 7.04. The van der Waals surface area contributed by atoms with E-state index in [4.69, 9.17) is 4.74 Å². The van der Waals surface area contributed by atoms with E-state index in [1.807, 2.05) is 37.3 Å². The van der Waals surface area contributed by atoms with E-state index in [1.54, 1.807) is 33.9 Å². The summed E-state index contributed by atoms with van der Waals surface area (Å²) in [5.41, 5.74) is 4.42. The lowest BCUT2D eigenvalue weighted by Crippen LogP contribution is -2.07. The zero-order valence-electron chi connectivity index (χ0n) is 12.8. The molecule has 0 unspecified atom stereocenters. The number of aryl methyl sites for hydroxylation is 1. The highest BCUT2D eigenvalue weighted by atomic mass is 32.1. The molecule has 6 heteroatoms. The van der Waals surface area contributed by atoms with Gasteiger partial charge in [0.1, 0.15) is 0 Å². The molecule has 0 aliphatic carbocycles. The molecular formula is C17H17N3O2S. The van der Waals surface area contributed by atoms with Gasteiger partial charge in [-0.25, -0.2) is 9.78 Å². The molecule has 23 heavy (non-hydrogen) atoms. The molecule has 0 atom stereocenters. The summed E-state index contributed by atoms with van der Waals surface area (Å²) in [7, 11) is 0. The van der Waals surface area contributed by atoms with Gasteiger partial charge in [0.2, 0.25) is 0 Å². The average molecular weight is 327 g/mol. The first-order valence-corrected chi connectivity index (χ1v) is 8.23. The second-order valence-corrected chi connectivity index (χ2v) is 6.10. The van der Waals surface area contributed by atoms with Crippen LogP contribution in [0.2, 0.25) is 0 Å². The molecule has 0 fully saturated rings. The second-order valence-electron chi connectivity index (χ2n) is 5.16. The Morgan fingerprint density at radius 1 is 1.30 bits per heavy atom. The van der Waals surface area contributed by atoms with E-state index >= 15 is 0 Å². The molecule has 0 spiro atoms. The molecule has 0 radical (unpaired) electrons. The van der Waals surface area contributed by atoms with Crippen LogP contribution in [0.4, 0.5) is 0 Å². The number of aromatic nitrogens is 3. The van der Waals surface area contributed by atoms with Crippen LogP contribution in [0.3, 0.4) is 0 Å². The summed E-state index contributed by atoms with van der Waals surface area (Å²) >= 11 is 1.58. The fourth-order valence-corrected chi connectivity index (χ4v) is 2.97. The molecular weight excluding hydrogens is 310 g/mol. The summed E-state index contributed by atoms with van der Waals surface area (Å²) in [6.07, 6.45) is 3.96. The molecule has 0 saturated carbocycles. The highest BCUT2D eigenvalue weighted by Gasteiger charge is 2.11. The minimum Gasteiger partial charge on any atom is -0.462 e. The van der Waals surface area contributed by atoms with Gasteiger partial charge in [-0.3, -0.25) is 4.68 Å². The Bertz CT molecular complexity index is 780. The lowest BCUT2D eigenvalue weighted by atomic mass is 10.2. The van der Waals surface area contributed by atoms with Gasteiger partial charge in [-0.1, -0.05) is 30.3 Å². The number of benzene rings is 1. The van der Waals surface area contributed by atoms with Crippen LogP contribution in [0.1, 0.15) is 26.5 Å². The zero-order valence-corrected chi connectivity index (χ0v) is 13.6. The van der Waals surface area contributed by atoms with Gasteiger partial charge in [0, 0.05) is 17.5 Å². The fourth-order valence-electron chi connectivity index (χ4n) is 2.21. The monoisotopic (exact) mass is 327 g/mol. The Kier molecular flexibility index (Phi) is 4.83. The first-order valence-electron chi connectivity index (χ1n) is 7.35. The van der Waals surface area contributed by atoms with Crippen molar-refractivity contribution in [3.05, 3.63) is 69.9 Å². The molecule has 2 heterocycles. The van der Waals surface area contributed by atoms with Crippen molar-refractivity contribution in [1.82, 2.24) is 14.8 Å². The maximum Gasteiger partial charge on any atom is 0.341 e. The average Bonchev–Trinajstić information content (AvgIpc) is 3.18. The molecule has 3 aromatic rings. The third-order valence-corrected chi connectivity index (χ3v) is 4.46. The fraction of sp³-hybridized carbons (Fsp3) is 0.235. The third kappa shape index (κ3) is 4.04. The number of carbonyl (C=O) groups excluding carboxylic acids is 1. The van der Waals surface area contributed by atoms with Crippen molar-refractivity contribution in [1.29, 1.82) is 0 Å². The largest absolute Gasteiger partial charge is 0.462 e. The maximum absolute atomic E-state index is 12.0. The first kappa shape index (κ1) is 15.4. The van der Waals surface area contributed by atoms with Gasteiger partial charge >= 0.3 is 5.97 Å². The van der Waals surface area contributed by atoms with Gasteiger partial charge in [-0.05, 0) is 12.5 Å². The van der Waals surface area contributed by atoms with Crippen LogP contribution in [-0.4, -0.2) is 27.3 Å². The van der Waals surface area contributed by atoms with Gasteiger partial charge in [0.05, 0.1) is 36.1 Å². The summed E-state index contributed by atoms with van der Waals surface area (Å²) in [6.45, 7) is 2.95. The van der Waals surface area contributed by atoms with E-state index < -0.39 is 0 Å². The number of nitrogens with zero attached hydrogens (tertiary/aromatic N) is 3.